The predicted molar refractivity (Wildman–Crippen MR) is 112 cm³/mol. The molecule has 10 nitrogen and oxygen atoms in total. The molecule has 32 heavy (non-hydrogen) atoms. The van der Waals surface area contributed by atoms with Crippen LogP contribution < -0.4 is 5.32 Å². The molecule has 0 aliphatic carbocycles. The minimum atomic E-state index is -1.22. The van der Waals surface area contributed by atoms with Gasteiger partial charge in [0.1, 0.15) is 11.8 Å². The van der Waals surface area contributed by atoms with E-state index in [1.54, 1.807) is 26.0 Å². The van der Waals surface area contributed by atoms with E-state index in [-0.39, 0.29) is 28.9 Å². The molecule has 3 amide bonds. The summed E-state index contributed by atoms with van der Waals surface area (Å²) in [6.45, 7) is 3.37. The molecule has 2 aromatic carbocycles. The molecular formula is C22H18N4O6. The number of nitrogens with zero attached hydrogens (tertiary/aromatic N) is 3. The molecule has 0 saturated heterocycles. The summed E-state index contributed by atoms with van der Waals surface area (Å²) >= 11 is 0. The molecule has 0 radical (unpaired) electrons. The molecule has 0 bridgehead atoms. The van der Waals surface area contributed by atoms with Crippen molar-refractivity contribution in [2.45, 2.75) is 26.3 Å². The fourth-order valence-electron chi connectivity index (χ4n) is 3.70. The summed E-state index contributed by atoms with van der Waals surface area (Å²) in [5.41, 5.74) is 1.53. The molecule has 1 aliphatic rings. The minimum Gasteiger partial charge on any atom is -0.361 e. The number of anilines is 1. The lowest BCUT2D eigenvalue weighted by Crippen LogP contribution is -2.48. The number of amides is 3. The van der Waals surface area contributed by atoms with Gasteiger partial charge in [-0.1, -0.05) is 23.4 Å². The van der Waals surface area contributed by atoms with Crippen LogP contribution in [-0.4, -0.2) is 38.7 Å². The van der Waals surface area contributed by atoms with Gasteiger partial charge in [0.2, 0.25) is 5.91 Å². The van der Waals surface area contributed by atoms with E-state index in [4.69, 9.17) is 4.52 Å². The van der Waals surface area contributed by atoms with Gasteiger partial charge in [0.05, 0.1) is 21.7 Å². The number of rotatable bonds is 6. The first-order valence-electron chi connectivity index (χ1n) is 9.72. The second-order valence-corrected chi connectivity index (χ2v) is 7.35. The van der Waals surface area contributed by atoms with Crippen molar-refractivity contribution in [3.63, 3.8) is 0 Å². The van der Waals surface area contributed by atoms with Crippen molar-refractivity contribution in [1.82, 2.24) is 10.1 Å². The zero-order valence-electron chi connectivity index (χ0n) is 17.2. The van der Waals surface area contributed by atoms with Crippen molar-refractivity contribution < 1.29 is 23.8 Å². The second kappa shape index (κ2) is 8.06. The van der Waals surface area contributed by atoms with Crippen LogP contribution in [0.25, 0.3) is 0 Å². The maximum Gasteiger partial charge on any atom is 0.271 e. The van der Waals surface area contributed by atoms with Crippen molar-refractivity contribution in [2.24, 2.45) is 0 Å². The molecule has 1 atom stereocenters. The predicted octanol–water partition coefficient (Wildman–Crippen LogP) is 3.05. The first-order valence-corrected chi connectivity index (χ1v) is 9.72. The summed E-state index contributed by atoms with van der Waals surface area (Å²) in [5.74, 6) is -1.37. The summed E-state index contributed by atoms with van der Waals surface area (Å²) in [6.07, 6.45) is -0.0204. The van der Waals surface area contributed by atoms with Crippen LogP contribution in [0.1, 0.15) is 37.7 Å². The number of nitrogens with one attached hydrogen (secondary N) is 1. The van der Waals surface area contributed by atoms with Gasteiger partial charge in [-0.3, -0.25) is 29.4 Å². The smallest absolute Gasteiger partial charge is 0.271 e. The molecule has 1 aliphatic heterocycles. The molecule has 0 fully saturated rings. The van der Waals surface area contributed by atoms with Crippen LogP contribution in [0.15, 0.2) is 53.1 Å². The van der Waals surface area contributed by atoms with E-state index in [1.165, 1.54) is 36.4 Å². The van der Waals surface area contributed by atoms with Crippen LogP contribution in [0.5, 0.6) is 0 Å². The van der Waals surface area contributed by atoms with E-state index in [2.05, 4.69) is 10.5 Å². The third-order valence-corrected chi connectivity index (χ3v) is 5.34. The largest absolute Gasteiger partial charge is 0.361 e. The van der Waals surface area contributed by atoms with Crippen molar-refractivity contribution >= 4 is 29.1 Å². The monoisotopic (exact) mass is 434 g/mol. The molecule has 162 valence electrons. The van der Waals surface area contributed by atoms with Crippen molar-refractivity contribution in [3.8, 4) is 0 Å². The van der Waals surface area contributed by atoms with Gasteiger partial charge >= 0.3 is 0 Å². The lowest BCUT2D eigenvalue weighted by Gasteiger charge is -2.25. The normalized spacial score (nSPS) is 13.8. The van der Waals surface area contributed by atoms with Gasteiger partial charge in [-0.05, 0) is 32.0 Å². The van der Waals surface area contributed by atoms with Crippen LogP contribution in [0, 0.1) is 24.0 Å². The highest BCUT2D eigenvalue weighted by atomic mass is 16.6. The van der Waals surface area contributed by atoms with E-state index >= 15 is 0 Å². The average Bonchev–Trinajstić information content (AvgIpc) is 3.22. The number of benzene rings is 2. The highest BCUT2D eigenvalue weighted by molar-refractivity contribution is 6.23. The topological polar surface area (TPSA) is 136 Å². The highest BCUT2D eigenvalue weighted by Gasteiger charge is 2.43. The lowest BCUT2D eigenvalue weighted by molar-refractivity contribution is -0.384. The Labute approximate surface area is 182 Å². The molecule has 1 N–H and O–H groups in total. The lowest BCUT2D eigenvalue weighted by atomic mass is 10.0. The number of aromatic nitrogens is 1. The molecule has 4 rings (SSSR count). The van der Waals surface area contributed by atoms with Gasteiger partial charge in [-0.2, -0.15) is 0 Å². The molecule has 1 unspecified atom stereocenters. The molecular weight excluding hydrogens is 416 g/mol. The quantitative estimate of drug-likeness (QED) is 0.358. The van der Waals surface area contributed by atoms with Crippen LogP contribution in [0.3, 0.4) is 0 Å². The number of hydrogen-bond donors (Lipinski definition) is 1. The standard InChI is InChI=1S/C22H18N4O6/c1-12-18(13(2)32-24-12)11-19(20(27)23-14-6-5-7-15(10-14)26(30)31)25-21(28)16-8-3-4-9-17(16)22(25)29/h3-10,19H,11H2,1-2H3,(H,23,27). The Morgan fingerprint density at radius 2 is 1.78 bits per heavy atom. The number of carbonyl (C=O) groups excluding carboxylic acids is 3. The molecule has 0 saturated carbocycles. The number of nitro benzene ring substituents is 1. The Kier molecular flexibility index (Phi) is 5.27. The second-order valence-electron chi connectivity index (χ2n) is 7.35. The Hall–Kier alpha value is -4.34. The number of hydrogen-bond acceptors (Lipinski definition) is 7. The van der Waals surface area contributed by atoms with E-state index < -0.39 is 28.7 Å². The number of aryl methyl sites for hydroxylation is 2. The highest BCUT2D eigenvalue weighted by Crippen LogP contribution is 2.28. The minimum absolute atomic E-state index is 0.0204. The maximum atomic E-state index is 13.3. The van der Waals surface area contributed by atoms with Gasteiger partial charge in [0, 0.05) is 29.8 Å². The van der Waals surface area contributed by atoms with E-state index in [1.807, 2.05) is 0 Å². The fraction of sp³-hybridized carbons (Fsp3) is 0.182. The summed E-state index contributed by atoms with van der Waals surface area (Å²) in [5, 5.41) is 17.5. The number of fused-ring (bicyclic) bond motifs is 1. The number of imide groups is 1. The zero-order valence-corrected chi connectivity index (χ0v) is 17.2. The zero-order chi connectivity index (χ0) is 23.0. The van der Waals surface area contributed by atoms with Gasteiger partial charge in [0.25, 0.3) is 17.5 Å². The third kappa shape index (κ3) is 3.62. The summed E-state index contributed by atoms with van der Waals surface area (Å²) in [4.78, 5) is 50.8. The Bertz CT molecular complexity index is 1210. The van der Waals surface area contributed by atoms with E-state index in [0.29, 0.717) is 17.0 Å². The molecule has 3 aromatic rings. The summed E-state index contributed by atoms with van der Waals surface area (Å²) in [6, 6.07) is 10.5. The van der Waals surface area contributed by atoms with E-state index in [9.17, 15) is 24.5 Å². The van der Waals surface area contributed by atoms with Gasteiger partial charge in [-0.25, -0.2) is 0 Å². The third-order valence-electron chi connectivity index (χ3n) is 5.34. The Balaban J connectivity index is 1.71. The van der Waals surface area contributed by atoms with Crippen molar-refractivity contribution in [3.05, 3.63) is 86.8 Å². The molecule has 2 heterocycles. The molecule has 10 heteroatoms. The first kappa shape index (κ1) is 20.9. The Morgan fingerprint density at radius 1 is 1.12 bits per heavy atom. The van der Waals surface area contributed by atoms with Crippen LogP contribution >= 0.6 is 0 Å². The SMILES string of the molecule is Cc1noc(C)c1CC(C(=O)Nc1cccc([N+](=O)[O-])c1)N1C(=O)c2ccccc2C1=O. The van der Waals surface area contributed by atoms with Crippen LogP contribution in [-0.2, 0) is 11.2 Å². The van der Waals surface area contributed by atoms with Crippen LogP contribution in [0.4, 0.5) is 11.4 Å². The summed E-state index contributed by atoms with van der Waals surface area (Å²) < 4.78 is 5.17. The van der Waals surface area contributed by atoms with Crippen molar-refractivity contribution in [1.29, 1.82) is 0 Å². The van der Waals surface area contributed by atoms with Crippen LogP contribution in [0.2, 0.25) is 0 Å². The van der Waals surface area contributed by atoms with Gasteiger partial charge < -0.3 is 9.84 Å². The fourth-order valence-corrected chi connectivity index (χ4v) is 3.70. The first-order chi connectivity index (χ1) is 15.3. The van der Waals surface area contributed by atoms with E-state index in [0.717, 1.165) is 4.90 Å². The number of nitro groups is 1. The Morgan fingerprint density at radius 3 is 2.34 bits per heavy atom. The average molecular weight is 434 g/mol. The van der Waals surface area contributed by atoms with Gasteiger partial charge in [-0.15, -0.1) is 0 Å². The van der Waals surface area contributed by atoms with Crippen molar-refractivity contribution in [2.75, 3.05) is 5.32 Å². The summed E-state index contributed by atoms with van der Waals surface area (Å²) in [7, 11) is 0. The molecule has 1 aromatic heterocycles. The molecule has 0 spiro atoms. The number of carbonyl (C=O) groups is 3. The maximum absolute atomic E-state index is 13.3. The van der Waals surface area contributed by atoms with Gasteiger partial charge in [0.15, 0.2) is 0 Å². The number of non-ortho nitro benzene ring substituents is 1.